The Hall–Kier alpha value is -2.62. The van der Waals surface area contributed by atoms with E-state index in [0.717, 1.165) is 5.56 Å². The summed E-state index contributed by atoms with van der Waals surface area (Å²) in [6, 6.07) is 12.4. The quantitative estimate of drug-likeness (QED) is 0.821. The molecule has 0 aliphatic rings. The van der Waals surface area contributed by atoms with Gasteiger partial charge in [-0.2, -0.15) is 0 Å². The molecule has 2 rings (SSSR count). The average Bonchev–Trinajstić information content (AvgIpc) is 2.48. The topological polar surface area (TPSA) is 46.5 Å². The summed E-state index contributed by atoms with van der Waals surface area (Å²) >= 11 is 0. The van der Waals surface area contributed by atoms with Crippen molar-refractivity contribution in [2.24, 2.45) is 0 Å². The maximum Gasteiger partial charge on any atom is 0.153 e. The van der Waals surface area contributed by atoms with E-state index in [1.165, 1.54) is 6.07 Å². The Balaban J connectivity index is 2.27. The highest BCUT2D eigenvalue weighted by Gasteiger charge is 2.15. The van der Waals surface area contributed by atoms with E-state index < -0.39 is 5.83 Å². The van der Waals surface area contributed by atoms with Gasteiger partial charge in [0.2, 0.25) is 0 Å². The molecule has 0 heterocycles. The smallest absolute Gasteiger partial charge is 0.153 e. The van der Waals surface area contributed by atoms with Crippen molar-refractivity contribution in [2.45, 2.75) is 13.0 Å². The summed E-state index contributed by atoms with van der Waals surface area (Å²) in [7, 11) is 0. The number of hydrogen-bond acceptors (Lipinski definition) is 3. The van der Waals surface area contributed by atoms with Gasteiger partial charge in [0.25, 0.3) is 0 Å². The molecule has 0 radical (unpaired) electrons. The molecule has 2 aromatic carbocycles. The highest BCUT2D eigenvalue weighted by molar-refractivity contribution is 5.81. The van der Waals surface area contributed by atoms with Crippen LogP contribution in [-0.4, -0.2) is 11.4 Å². The number of allylic oxidation sites excluding steroid dienone is 1. The Labute approximate surface area is 122 Å². The van der Waals surface area contributed by atoms with Crippen molar-refractivity contribution < 1.29 is 19.0 Å². The summed E-state index contributed by atoms with van der Waals surface area (Å²) in [4.78, 5) is 10.8. The molecule has 108 valence electrons. The number of phenols is 1. The first-order chi connectivity index (χ1) is 10.1. The van der Waals surface area contributed by atoms with Crippen molar-refractivity contribution in [1.29, 1.82) is 0 Å². The van der Waals surface area contributed by atoms with E-state index in [2.05, 4.69) is 6.58 Å². The molecule has 21 heavy (non-hydrogen) atoms. The molecule has 0 aromatic heterocycles. The number of aldehydes is 1. The standard InChI is InChI=1S/C17H15FO3/c1-12(18)9-15-16(8-7-14(10-19)17(15)20)21-11-13-5-3-2-4-6-13/h2-8,10,20H,1,9,11H2. The molecular formula is C17H15FO3. The van der Waals surface area contributed by atoms with Gasteiger partial charge in [-0.25, -0.2) is 4.39 Å². The highest BCUT2D eigenvalue weighted by atomic mass is 19.1. The van der Waals surface area contributed by atoms with Gasteiger partial charge in [0.1, 0.15) is 18.1 Å². The van der Waals surface area contributed by atoms with Crippen molar-refractivity contribution in [2.75, 3.05) is 0 Å². The average molecular weight is 286 g/mol. The number of hydrogen-bond donors (Lipinski definition) is 1. The Kier molecular flexibility index (Phi) is 4.72. The summed E-state index contributed by atoms with van der Waals surface area (Å²) < 4.78 is 18.7. The predicted molar refractivity (Wildman–Crippen MR) is 78.2 cm³/mol. The van der Waals surface area contributed by atoms with E-state index >= 15 is 0 Å². The van der Waals surface area contributed by atoms with Crippen LogP contribution < -0.4 is 4.74 Å². The van der Waals surface area contributed by atoms with Gasteiger partial charge < -0.3 is 9.84 Å². The maximum absolute atomic E-state index is 13.1. The van der Waals surface area contributed by atoms with Gasteiger partial charge in [-0.1, -0.05) is 36.9 Å². The van der Waals surface area contributed by atoms with Crippen molar-refractivity contribution in [1.82, 2.24) is 0 Å². The van der Waals surface area contributed by atoms with Crippen LogP contribution in [0.3, 0.4) is 0 Å². The molecule has 0 spiro atoms. The third-order valence-corrected chi connectivity index (χ3v) is 3.00. The minimum Gasteiger partial charge on any atom is -0.507 e. The molecule has 1 N–H and O–H groups in total. The molecular weight excluding hydrogens is 271 g/mol. The fraction of sp³-hybridized carbons (Fsp3) is 0.118. The summed E-state index contributed by atoms with van der Waals surface area (Å²) in [5.74, 6) is -0.548. The highest BCUT2D eigenvalue weighted by Crippen LogP contribution is 2.33. The lowest BCUT2D eigenvalue weighted by atomic mass is 10.0. The summed E-state index contributed by atoms with van der Waals surface area (Å²) in [6.45, 7) is 3.47. The number of halogens is 1. The summed E-state index contributed by atoms with van der Waals surface area (Å²) in [6.07, 6.45) is 0.318. The molecule has 0 aliphatic carbocycles. The Morgan fingerprint density at radius 1 is 1.24 bits per heavy atom. The fourth-order valence-electron chi connectivity index (χ4n) is 1.96. The van der Waals surface area contributed by atoms with Crippen LogP contribution in [0, 0.1) is 0 Å². The normalized spacial score (nSPS) is 10.1. The molecule has 4 heteroatoms. The first kappa shape index (κ1) is 14.8. The van der Waals surface area contributed by atoms with E-state index in [-0.39, 0.29) is 29.9 Å². The molecule has 0 saturated heterocycles. The maximum atomic E-state index is 13.1. The fourth-order valence-corrected chi connectivity index (χ4v) is 1.96. The lowest BCUT2D eigenvalue weighted by molar-refractivity contribution is 0.112. The number of phenolic OH excluding ortho intramolecular Hbond substituents is 1. The van der Waals surface area contributed by atoms with Gasteiger partial charge in [0, 0.05) is 12.0 Å². The number of aromatic hydroxyl groups is 1. The largest absolute Gasteiger partial charge is 0.507 e. The lowest BCUT2D eigenvalue weighted by Crippen LogP contribution is -2.00. The van der Waals surface area contributed by atoms with Crippen LogP contribution in [-0.2, 0) is 13.0 Å². The van der Waals surface area contributed by atoms with Gasteiger partial charge in [-0.3, -0.25) is 4.79 Å². The monoisotopic (exact) mass is 286 g/mol. The molecule has 0 fully saturated rings. The first-order valence-electron chi connectivity index (χ1n) is 6.42. The second-order valence-electron chi connectivity index (χ2n) is 4.57. The van der Waals surface area contributed by atoms with Crippen molar-refractivity contribution in [3.63, 3.8) is 0 Å². The van der Waals surface area contributed by atoms with Crippen molar-refractivity contribution in [3.05, 3.63) is 71.6 Å². The lowest BCUT2D eigenvalue weighted by Gasteiger charge is -2.13. The van der Waals surface area contributed by atoms with Crippen LogP contribution in [0.15, 0.2) is 54.9 Å². The molecule has 0 aliphatic heterocycles. The van der Waals surface area contributed by atoms with Crippen LogP contribution in [0.5, 0.6) is 11.5 Å². The molecule has 3 nitrogen and oxygen atoms in total. The van der Waals surface area contributed by atoms with E-state index in [9.17, 15) is 14.3 Å². The molecule has 0 bridgehead atoms. The van der Waals surface area contributed by atoms with E-state index in [1.807, 2.05) is 30.3 Å². The number of ether oxygens (including phenoxy) is 1. The summed E-state index contributed by atoms with van der Waals surface area (Å²) in [5.41, 5.74) is 1.27. The third-order valence-electron chi connectivity index (χ3n) is 3.00. The Morgan fingerprint density at radius 2 is 1.95 bits per heavy atom. The van der Waals surface area contributed by atoms with E-state index in [4.69, 9.17) is 4.74 Å². The van der Waals surface area contributed by atoms with Gasteiger partial charge >= 0.3 is 0 Å². The van der Waals surface area contributed by atoms with Crippen LogP contribution in [0.25, 0.3) is 0 Å². The number of benzene rings is 2. The number of rotatable bonds is 6. The van der Waals surface area contributed by atoms with Crippen LogP contribution in [0.4, 0.5) is 4.39 Å². The number of carbonyl (C=O) groups is 1. The zero-order valence-electron chi connectivity index (χ0n) is 11.4. The molecule has 2 aromatic rings. The second kappa shape index (κ2) is 6.70. The third kappa shape index (κ3) is 3.69. The minimum absolute atomic E-state index is 0.0957. The molecule has 0 amide bonds. The zero-order chi connectivity index (χ0) is 15.2. The molecule has 0 unspecified atom stereocenters. The Bertz CT molecular complexity index is 651. The van der Waals surface area contributed by atoms with E-state index in [1.54, 1.807) is 6.07 Å². The predicted octanol–water partition coefficient (Wildman–Crippen LogP) is 3.81. The SMILES string of the molecule is C=C(F)Cc1c(OCc2ccccc2)ccc(C=O)c1O. The van der Waals surface area contributed by atoms with Crippen LogP contribution >= 0.6 is 0 Å². The first-order valence-corrected chi connectivity index (χ1v) is 6.42. The van der Waals surface area contributed by atoms with Crippen LogP contribution in [0.1, 0.15) is 21.5 Å². The number of carbonyl (C=O) groups excluding carboxylic acids is 1. The van der Waals surface area contributed by atoms with Gasteiger partial charge in [0.15, 0.2) is 6.29 Å². The molecule has 0 atom stereocenters. The Morgan fingerprint density at radius 3 is 2.57 bits per heavy atom. The molecule has 0 saturated carbocycles. The van der Waals surface area contributed by atoms with Crippen molar-refractivity contribution in [3.8, 4) is 11.5 Å². The second-order valence-corrected chi connectivity index (χ2v) is 4.57. The zero-order valence-corrected chi connectivity index (χ0v) is 11.4. The summed E-state index contributed by atoms with van der Waals surface area (Å²) in [5, 5.41) is 10.00. The van der Waals surface area contributed by atoms with Gasteiger partial charge in [-0.05, 0) is 17.7 Å². The van der Waals surface area contributed by atoms with E-state index in [0.29, 0.717) is 12.0 Å². The minimum atomic E-state index is -0.613. The van der Waals surface area contributed by atoms with Gasteiger partial charge in [-0.15, -0.1) is 0 Å². The van der Waals surface area contributed by atoms with Crippen LogP contribution in [0.2, 0.25) is 0 Å². The van der Waals surface area contributed by atoms with Crippen molar-refractivity contribution >= 4 is 6.29 Å². The van der Waals surface area contributed by atoms with Gasteiger partial charge in [0.05, 0.1) is 11.4 Å².